The van der Waals surface area contributed by atoms with Gasteiger partial charge in [0, 0.05) is 15.1 Å². The first kappa shape index (κ1) is 11.3. The fourth-order valence-electron chi connectivity index (χ4n) is 1.99. The van der Waals surface area contributed by atoms with Crippen molar-refractivity contribution in [2.45, 2.75) is 0 Å². The average molecular weight is 270 g/mol. The van der Waals surface area contributed by atoms with E-state index < -0.39 is 0 Å². The second-order valence-electron chi connectivity index (χ2n) is 3.92. The van der Waals surface area contributed by atoms with Gasteiger partial charge in [-0.25, -0.2) is 0 Å². The molecule has 0 saturated heterocycles. The van der Waals surface area contributed by atoms with E-state index in [-0.39, 0.29) is 0 Å². The van der Waals surface area contributed by atoms with Gasteiger partial charge in [-0.1, -0.05) is 41.9 Å². The van der Waals surface area contributed by atoms with Gasteiger partial charge >= 0.3 is 0 Å². The summed E-state index contributed by atoms with van der Waals surface area (Å²) in [5.41, 5.74) is 1.73. The molecule has 0 saturated carbocycles. The molecule has 3 heteroatoms. The normalized spacial score (nSPS) is 10.4. The largest absolute Gasteiger partial charge is 0.192 e. The molecule has 0 spiro atoms. The number of thiophene rings is 1. The lowest BCUT2D eigenvalue weighted by atomic mass is 10.1. The molecular weight excluding hydrogens is 262 g/mol. The van der Waals surface area contributed by atoms with Crippen molar-refractivity contribution in [3.63, 3.8) is 0 Å². The summed E-state index contributed by atoms with van der Waals surface area (Å²) in [5, 5.41) is 11.1. The summed E-state index contributed by atoms with van der Waals surface area (Å²) in [6, 6.07) is 17.9. The van der Waals surface area contributed by atoms with Crippen LogP contribution < -0.4 is 0 Å². The van der Waals surface area contributed by atoms with Gasteiger partial charge < -0.3 is 0 Å². The molecule has 0 unspecified atom stereocenters. The van der Waals surface area contributed by atoms with Gasteiger partial charge in [0.15, 0.2) is 0 Å². The standard InChI is InChI=1S/C15H8ClNS/c16-11-5-3-4-10(8-11)15-13(9-17)12-6-1-2-7-14(12)18-15/h1-8H. The first-order valence-corrected chi connectivity index (χ1v) is 6.66. The van der Waals surface area contributed by atoms with Crippen molar-refractivity contribution in [3.8, 4) is 16.5 Å². The van der Waals surface area contributed by atoms with E-state index in [2.05, 4.69) is 6.07 Å². The summed E-state index contributed by atoms with van der Waals surface area (Å²) in [6.07, 6.45) is 0. The zero-order chi connectivity index (χ0) is 12.5. The first-order chi connectivity index (χ1) is 8.79. The van der Waals surface area contributed by atoms with Crippen molar-refractivity contribution >= 4 is 33.0 Å². The van der Waals surface area contributed by atoms with E-state index in [4.69, 9.17) is 11.6 Å². The molecule has 0 radical (unpaired) electrons. The van der Waals surface area contributed by atoms with Crippen LogP contribution in [0, 0.1) is 11.3 Å². The maximum Gasteiger partial charge on any atom is 0.101 e. The van der Waals surface area contributed by atoms with Crippen LogP contribution in [0.1, 0.15) is 5.56 Å². The summed E-state index contributed by atoms with van der Waals surface area (Å²) < 4.78 is 1.13. The number of rotatable bonds is 1. The highest BCUT2D eigenvalue weighted by molar-refractivity contribution is 7.22. The van der Waals surface area contributed by atoms with E-state index in [0.717, 1.165) is 26.1 Å². The highest BCUT2D eigenvalue weighted by Crippen LogP contribution is 2.38. The minimum Gasteiger partial charge on any atom is -0.192 e. The number of nitrogens with zero attached hydrogens (tertiary/aromatic N) is 1. The zero-order valence-corrected chi connectivity index (χ0v) is 10.9. The second kappa shape index (κ2) is 4.45. The molecule has 0 N–H and O–H groups in total. The molecule has 0 atom stereocenters. The van der Waals surface area contributed by atoms with Crippen LogP contribution >= 0.6 is 22.9 Å². The number of hydrogen-bond donors (Lipinski definition) is 0. The van der Waals surface area contributed by atoms with Gasteiger partial charge in [-0.2, -0.15) is 5.26 Å². The Balaban J connectivity index is 2.33. The van der Waals surface area contributed by atoms with Crippen LogP contribution in [0.15, 0.2) is 48.5 Å². The third kappa shape index (κ3) is 1.78. The predicted octanol–water partition coefficient (Wildman–Crippen LogP) is 5.09. The molecule has 3 rings (SSSR count). The number of halogens is 1. The van der Waals surface area contributed by atoms with Crippen molar-refractivity contribution in [2.75, 3.05) is 0 Å². The van der Waals surface area contributed by atoms with Gasteiger partial charge in [0.1, 0.15) is 6.07 Å². The average Bonchev–Trinajstić information content (AvgIpc) is 2.77. The van der Waals surface area contributed by atoms with Gasteiger partial charge in [-0.05, 0) is 23.8 Å². The van der Waals surface area contributed by atoms with Crippen molar-refractivity contribution in [1.82, 2.24) is 0 Å². The molecule has 0 aliphatic heterocycles. The van der Waals surface area contributed by atoms with E-state index in [1.165, 1.54) is 0 Å². The van der Waals surface area contributed by atoms with Crippen LogP contribution in [0.3, 0.4) is 0 Å². The Kier molecular flexibility index (Phi) is 2.79. The van der Waals surface area contributed by atoms with Crippen LogP contribution in [0.5, 0.6) is 0 Å². The van der Waals surface area contributed by atoms with E-state index in [0.29, 0.717) is 5.02 Å². The highest BCUT2D eigenvalue weighted by Gasteiger charge is 2.13. The molecule has 0 aliphatic carbocycles. The Bertz CT molecular complexity index is 768. The van der Waals surface area contributed by atoms with Crippen LogP contribution in [0.25, 0.3) is 20.5 Å². The van der Waals surface area contributed by atoms with Crippen LogP contribution in [0.4, 0.5) is 0 Å². The molecule has 1 nitrogen and oxygen atoms in total. The second-order valence-corrected chi connectivity index (χ2v) is 5.41. The number of hydrogen-bond acceptors (Lipinski definition) is 2. The lowest BCUT2D eigenvalue weighted by Crippen LogP contribution is -1.77. The molecule has 18 heavy (non-hydrogen) atoms. The summed E-state index contributed by atoms with van der Waals surface area (Å²) in [5.74, 6) is 0. The molecule has 0 bridgehead atoms. The number of fused-ring (bicyclic) bond motifs is 1. The minimum atomic E-state index is 0.689. The molecule has 1 aromatic heterocycles. The highest BCUT2D eigenvalue weighted by atomic mass is 35.5. The molecular formula is C15H8ClNS. The Hall–Kier alpha value is -1.82. The van der Waals surface area contributed by atoms with Crippen molar-refractivity contribution in [3.05, 3.63) is 59.1 Å². The van der Waals surface area contributed by atoms with Crippen molar-refractivity contribution in [2.24, 2.45) is 0 Å². The zero-order valence-electron chi connectivity index (χ0n) is 9.35. The third-order valence-electron chi connectivity index (χ3n) is 2.79. The summed E-state index contributed by atoms with van der Waals surface area (Å²) in [4.78, 5) is 0.987. The summed E-state index contributed by atoms with van der Waals surface area (Å²) in [7, 11) is 0. The Morgan fingerprint density at radius 3 is 2.67 bits per heavy atom. The Labute approximate surface area is 114 Å². The molecule has 2 aromatic carbocycles. The minimum absolute atomic E-state index is 0.689. The maximum absolute atomic E-state index is 9.36. The van der Waals surface area contributed by atoms with E-state index >= 15 is 0 Å². The van der Waals surface area contributed by atoms with Crippen molar-refractivity contribution in [1.29, 1.82) is 5.26 Å². The molecule has 0 aliphatic rings. The van der Waals surface area contributed by atoms with Crippen LogP contribution in [-0.4, -0.2) is 0 Å². The van der Waals surface area contributed by atoms with E-state index in [9.17, 15) is 5.26 Å². The molecule has 86 valence electrons. The molecule has 1 heterocycles. The molecule has 0 fully saturated rings. The fourth-order valence-corrected chi connectivity index (χ4v) is 3.33. The summed E-state index contributed by atoms with van der Waals surface area (Å²) >= 11 is 7.64. The van der Waals surface area contributed by atoms with E-state index in [1.54, 1.807) is 11.3 Å². The smallest absolute Gasteiger partial charge is 0.101 e. The van der Waals surface area contributed by atoms with Crippen molar-refractivity contribution < 1.29 is 0 Å². The molecule has 3 aromatic rings. The van der Waals surface area contributed by atoms with Crippen LogP contribution in [0.2, 0.25) is 5.02 Å². The molecule has 0 amide bonds. The van der Waals surface area contributed by atoms with E-state index in [1.807, 2.05) is 48.5 Å². The van der Waals surface area contributed by atoms with Gasteiger partial charge in [0.25, 0.3) is 0 Å². The SMILES string of the molecule is N#Cc1c(-c2cccc(Cl)c2)sc2ccccc12. The fraction of sp³-hybridized carbons (Fsp3) is 0. The lowest BCUT2D eigenvalue weighted by Gasteiger charge is -1.98. The Morgan fingerprint density at radius 1 is 1.06 bits per heavy atom. The Morgan fingerprint density at radius 2 is 1.89 bits per heavy atom. The quantitative estimate of drug-likeness (QED) is 0.603. The topological polar surface area (TPSA) is 23.8 Å². The first-order valence-electron chi connectivity index (χ1n) is 5.47. The summed E-state index contributed by atoms with van der Waals surface area (Å²) in [6.45, 7) is 0. The van der Waals surface area contributed by atoms with Gasteiger partial charge in [0.05, 0.1) is 10.4 Å². The van der Waals surface area contributed by atoms with Gasteiger partial charge in [-0.3, -0.25) is 0 Å². The number of nitriles is 1. The maximum atomic E-state index is 9.36. The van der Waals surface area contributed by atoms with Gasteiger partial charge in [0.2, 0.25) is 0 Å². The predicted molar refractivity (Wildman–Crippen MR) is 77.0 cm³/mol. The van der Waals surface area contributed by atoms with Crippen LogP contribution in [-0.2, 0) is 0 Å². The third-order valence-corrected chi connectivity index (χ3v) is 4.25. The number of benzene rings is 2. The lowest BCUT2D eigenvalue weighted by molar-refractivity contribution is 1.51. The van der Waals surface area contributed by atoms with Gasteiger partial charge in [-0.15, -0.1) is 11.3 Å². The monoisotopic (exact) mass is 269 g/mol.